The predicted molar refractivity (Wildman–Crippen MR) is 79.8 cm³/mol. The fourth-order valence-electron chi connectivity index (χ4n) is 2.10. The van der Waals surface area contributed by atoms with E-state index in [-0.39, 0.29) is 17.9 Å². The van der Waals surface area contributed by atoms with Gasteiger partial charge in [-0.2, -0.15) is 0 Å². The van der Waals surface area contributed by atoms with E-state index in [1.807, 2.05) is 38.1 Å². The number of ether oxygens (including phenoxy) is 1. The third-order valence-electron chi connectivity index (χ3n) is 3.99. The molecule has 1 amide bonds. The second-order valence-corrected chi connectivity index (χ2v) is 5.17. The summed E-state index contributed by atoms with van der Waals surface area (Å²) in [4.78, 5) is 12.0. The van der Waals surface area contributed by atoms with Crippen LogP contribution in [0, 0.1) is 5.41 Å². The zero-order chi connectivity index (χ0) is 15.0. The number of hydrogen-bond acceptors (Lipinski definition) is 3. The van der Waals surface area contributed by atoms with Crippen molar-refractivity contribution in [2.45, 2.75) is 33.1 Å². The highest BCUT2D eigenvalue weighted by molar-refractivity contribution is 5.78. The maximum absolute atomic E-state index is 12.0. The molecule has 112 valence electrons. The first-order chi connectivity index (χ1) is 9.59. The standard InChI is InChI=1S/C16H25NO3/c1-4-16(5-2,12-18)11-17-15(19)10-13-7-6-8-14(9-13)20-3/h6-9,18H,4-5,10-12H2,1-3H3,(H,17,19). The molecule has 0 fully saturated rings. The molecular formula is C16H25NO3. The van der Waals surface area contributed by atoms with Crippen LogP contribution in [-0.4, -0.2) is 31.3 Å². The van der Waals surface area contributed by atoms with Crippen molar-refractivity contribution < 1.29 is 14.6 Å². The monoisotopic (exact) mass is 279 g/mol. The SMILES string of the molecule is CCC(CC)(CO)CNC(=O)Cc1cccc(OC)c1. The van der Waals surface area contributed by atoms with Crippen LogP contribution in [0.25, 0.3) is 0 Å². The van der Waals surface area contributed by atoms with Gasteiger partial charge in [0, 0.05) is 12.0 Å². The topological polar surface area (TPSA) is 58.6 Å². The average Bonchev–Trinajstić information content (AvgIpc) is 2.49. The number of methoxy groups -OCH3 is 1. The zero-order valence-electron chi connectivity index (χ0n) is 12.6. The lowest BCUT2D eigenvalue weighted by molar-refractivity contribution is -0.121. The molecule has 0 bridgehead atoms. The van der Waals surface area contributed by atoms with E-state index in [9.17, 15) is 9.90 Å². The van der Waals surface area contributed by atoms with E-state index in [2.05, 4.69) is 5.32 Å². The van der Waals surface area contributed by atoms with Gasteiger partial charge in [0.2, 0.25) is 5.91 Å². The predicted octanol–water partition coefficient (Wildman–Crippen LogP) is 2.15. The molecular weight excluding hydrogens is 254 g/mol. The van der Waals surface area contributed by atoms with Crippen LogP contribution in [0.1, 0.15) is 32.3 Å². The van der Waals surface area contributed by atoms with Crippen LogP contribution in [0.4, 0.5) is 0 Å². The van der Waals surface area contributed by atoms with E-state index in [1.165, 1.54) is 0 Å². The third-order valence-corrected chi connectivity index (χ3v) is 3.99. The van der Waals surface area contributed by atoms with Crippen LogP contribution >= 0.6 is 0 Å². The Balaban J connectivity index is 2.55. The van der Waals surface area contributed by atoms with Gasteiger partial charge < -0.3 is 15.2 Å². The summed E-state index contributed by atoms with van der Waals surface area (Å²) >= 11 is 0. The number of aliphatic hydroxyl groups is 1. The molecule has 1 aromatic carbocycles. The van der Waals surface area contributed by atoms with Gasteiger partial charge in [0.1, 0.15) is 5.75 Å². The number of rotatable bonds is 8. The van der Waals surface area contributed by atoms with Gasteiger partial charge in [0.15, 0.2) is 0 Å². The molecule has 0 radical (unpaired) electrons. The zero-order valence-corrected chi connectivity index (χ0v) is 12.6. The maximum atomic E-state index is 12.0. The van der Waals surface area contributed by atoms with Crippen LogP contribution in [0.5, 0.6) is 5.75 Å². The molecule has 4 heteroatoms. The van der Waals surface area contributed by atoms with E-state index < -0.39 is 0 Å². The largest absolute Gasteiger partial charge is 0.497 e. The van der Waals surface area contributed by atoms with E-state index in [4.69, 9.17) is 4.74 Å². The molecule has 1 rings (SSSR count). The highest BCUT2D eigenvalue weighted by Crippen LogP contribution is 2.24. The van der Waals surface area contributed by atoms with Crippen molar-refractivity contribution in [1.82, 2.24) is 5.32 Å². The normalized spacial score (nSPS) is 11.2. The van der Waals surface area contributed by atoms with Gasteiger partial charge in [-0.05, 0) is 30.5 Å². The Hall–Kier alpha value is -1.55. The molecule has 0 heterocycles. The van der Waals surface area contributed by atoms with Crippen LogP contribution in [-0.2, 0) is 11.2 Å². The van der Waals surface area contributed by atoms with E-state index >= 15 is 0 Å². The molecule has 0 aliphatic rings. The minimum Gasteiger partial charge on any atom is -0.497 e. The summed E-state index contributed by atoms with van der Waals surface area (Å²) in [5.41, 5.74) is 0.716. The van der Waals surface area contributed by atoms with Crippen molar-refractivity contribution in [3.63, 3.8) is 0 Å². The Morgan fingerprint density at radius 2 is 2.05 bits per heavy atom. The number of aliphatic hydroxyl groups excluding tert-OH is 1. The van der Waals surface area contributed by atoms with Gasteiger partial charge in [0.05, 0.1) is 20.1 Å². The first kappa shape index (κ1) is 16.5. The molecule has 2 N–H and O–H groups in total. The molecule has 0 aliphatic heterocycles. The first-order valence-corrected chi connectivity index (χ1v) is 7.09. The van der Waals surface area contributed by atoms with E-state index in [1.54, 1.807) is 7.11 Å². The van der Waals surface area contributed by atoms with Crippen molar-refractivity contribution in [2.24, 2.45) is 5.41 Å². The lowest BCUT2D eigenvalue weighted by atomic mass is 9.83. The summed E-state index contributed by atoms with van der Waals surface area (Å²) in [6.45, 7) is 4.68. The smallest absolute Gasteiger partial charge is 0.224 e. The minimum atomic E-state index is -0.204. The number of carbonyl (C=O) groups excluding carboxylic acids is 1. The van der Waals surface area contributed by atoms with Gasteiger partial charge in [-0.25, -0.2) is 0 Å². The fraction of sp³-hybridized carbons (Fsp3) is 0.562. The van der Waals surface area contributed by atoms with Gasteiger partial charge in [-0.3, -0.25) is 4.79 Å². The fourth-order valence-corrected chi connectivity index (χ4v) is 2.10. The van der Waals surface area contributed by atoms with Crippen LogP contribution in [0.15, 0.2) is 24.3 Å². The summed E-state index contributed by atoms with van der Waals surface area (Å²) in [6, 6.07) is 7.49. The number of amides is 1. The summed E-state index contributed by atoms with van der Waals surface area (Å²) < 4.78 is 5.14. The lowest BCUT2D eigenvalue weighted by Crippen LogP contribution is -2.39. The number of nitrogens with one attached hydrogen (secondary N) is 1. The molecule has 20 heavy (non-hydrogen) atoms. The molecule has 0 spiro atoms. The molecule has 0 saturated heterocycles. The van der Waals surface area contributed by atoms with Crippen LogP contribution < -0.4 is 10.1 Å². The summed E-state index contributed by atoms with van der Waals surface area (Å²) in [7, 11) is 1.61. The third kappa shape index (κ3) is 4.53. The number of benzene rings is 1. The average molecular weight is 279 g/mol. The van der Waals surface area contributed by atoms with Gasteiger partial charge in [-0.15, -0.1) is 0 Å². The summed E-state index contributed by atoms with van der Waals surface area (Å²) in [5, 5.41) is 12.4. The molecule has 1 aromatic rings. The molecule has 0 saturated carbocycles. The molecule has 0 aromatic heterocycles. The summed E-state index contributed by atoms with van der Waals surface area (Å²) in [6.07, 6.45) is 2.02. The van der Waals surface area contributed by atoms with E-state index in [0.29, 0.717) is 13.0 Å². The second kappa shape index (κ2) is 7.90. The first-order valence-electron chi connectivity index (χ1n) is 7.09. The minimum absolute atomic E-state index is 0.0296. The summed E-state index contributed by atoms with van der Waals surface area (Å²) in [5.74, 6) is 0.722. The Bertz CT molecular complexity index is 419. The van der Waals surface area contributed by atoms with Crippen molar-refractivity contribution in [3.05, 3.63) is 29.8 Å². The second-order valence-electron chi connectivity index (χ2n) is 5.17. The Morgan fingerprint density at radius 1 is 1.35 bits per heavy atom. The van der Waals surface area contributed by atoms with Crippen molar-refractivity contribution >= 4 is 5.91 Å². The lowest BCUT2D eigenvalue weighted by Gasteiger charge is -2.29. The van der Waals surface area contributed by atoms with Gasteiger partial charge in [-0.1, -0.05) is 26.0 Å². The van der Waals surface area contributed by atoms with Gasteiger partial charge >= 0.3 is 0 Å². The Labute approximate surface area is 121 Å². The molecule has 0 unspecified atom stereocenters. The Kier molecular flexibility index (Phi) is 6.52. The Morgan fingerprint density at radius 3 is 2.60 bits per heavy atom. The highest BCUT2D eigenvalue weighted by atomic mass is 16.5. The number of carbonyl (C=O) groups is 1. The van der Waals surface area contributed by atoms with E-state index in [0.717, 1.165) is 24.2 Å². The van der Waals surface area contributed by atoms with Crippen molar-refractivity contribution in [1.29, 1.82) is 0 Å². The van der Waals surface area contributed by atoms with Gasteiger partial charge in [0.25, 0.3) is 0 Å². The number of hydrogen-bond donors (Lipinski definition) is 2. The van der Waals surface area contributed by atoms with Crippen molar-refractivity contribution in [2.75, 3.05) is 20.3 Å². The quantitative estimate of drug-likeness (QED) is 0.766. The molecule has 0 atom stereocenters. The molecule has 4 nitrogen and oxygen atoms in total. The molecule has 0 aliphatic carbocycles. The maximum Gasteiger partial charge on any atom is 0.224 e. The van der Waals surface area contributed by atoms with Crippen LogP contribution in [0.3, 0.4) is 0 Å². The van der Waals surface area contributed by atoms with Crippen molar-refractivity contribution in [3.8, 4) is 5.75 Å². The van der Waals surface area contributed by atoms with Crippen LogP contribution in [0.2, 0.25) is 0 Å². The highest BCUT2D eigenvalue weighted by Gasteiger charge is 2.25.